The first kappa shape index (κ1) is 21.2. The van der Waals surface area contributed by atoms with Crippen LogP contribution in [0.3, 0.4) is 0 Å². The van der Waals surface area contributed by atoms with Crippen molar-refractivity contribution in [1.29, 1.82) is 0 Å². The number of hydroxylamine groups is 1. The monoisotopic (exact) mass is 407 g/mol. The molecule has 0 saturated carbocycles. The van der Waals surface area contributed by atoms with Gasteiger partial charge in [-0.15, -0.1) is 0 Å². The smallest absolute Gasteiger partial charge is 0.369 e. The van der Waals surface area contributed by atoms with Crippen LogP contribution in [0.1, 0.15) is 26.3 Å². The number of hydrogen-bond donors (Lipinski definition) is 2. The number of benzene rings is 2. The fraction of sp³-hybridized carbons (Fsp3) is 0.176. The third kappa shape index (κ3) is 4.09. The van der Waals surface area contributed by atoms with Gasteiger partial charge in [0, 0.05) is 11.1 Å². The first-order valence-corrected chi connectivity index (χ1v) is 7.41. The first-order valence-electron chi connectivity index (χ1n) is 7.41. The highest BCUT2D eigenvalue weighted by Crippen LogP contribution is 2.49. The molecule has 0 bridgehead atoms. The van der Waals surface area contributed by atoms with Gasteiger partial charge in [-0.1, -0.05) is 30.3 Å². The minimum atomic E-state index is -6.04. The minimum Gasteiger partial charge on any atom is -0.369 e. The summed E-state index contributed by atoms with van der Waals surface area (Å²) in [6.45, 7) is 0. The Kier molecular flexibility index (Phi) is 5.69. The molecule has 28 heavy (non-hydrogen) atoms. The van der Waals surface area contributed by atoms with Gasteiger partial charge in [-0.05, 0) is 24.3 Å². The van der Waals surface area contributed by atoms with E-state index in [9.17, 15) is 41.0 Å². The van der Waals surface area contributed by atoms with Gasteiger partial charge >= 0.3 is 18.3 Å². The molecule has 0 aromatic heterocycles. The van der Waals surface area contributed by atoms with Crippen molar-refractivity contribution in [2.45, 2.75) is 18.0 Å². The SMILES string of the molecule is O=C(NOC(=O)c1ccc(C(O)(C(F)(F)F)C(F)(F)F)cc1)c1ccccc1. The Hall–Kier alpha value is -3.08. The average Bonchev–Trinajstić information content (AvgIpc) is 2.64. The van der Waals surface area contributed by atoms with Gasteiger partial charge in [-0.25, -0.2) is 4.79 Å². The third-order valence-electron chi connectivity index (χ3n) is 3.63. The molecule has 2 aromatic rings. The number of rotatable bonds is 3. The van der Waals surface area contributed by atoms with Crippen LogP contribution in [0.25, 0.3) is 0 Å². The van der Waals surface area contributed by atoms with Crippen molar-refractivity contribution in [2.24, 2.45) is 0 Å². The second kappa shape index (κ2) is 7.50. The number of carbonyl (C=O) groups excluding carboxylic acids is 2. The lowest BCUT2D eigenvalue weighted by Gasteiger charge is -2.32. The standard InChI is InChI=1S/C17H11F6NO4/c18-16(19,20)15(27,17(21,22)23)12-8-6-11(7-9-12)14(26)28-24-13(25)10-4-2-1-3-5-10/h1-9,27H,(H,24,25). The molecule has 0 heterocycles. The summed E-state index contributed by atoms with van der Waals surface area (Å²) in [6, 6.07) is 9.29. The Labute approximate surface area is 153 Å². The lowest BCUT2D eigenvalue weighted by Crippen LogP contribution is -2.53. The number of halogens is 6. The maximum atomic E-state index is 12.8. The first-order chi connectivity index (χ1) is 12.9. The largest absolute Gasteiger partial charge is 0.430 e. The summed E-state index contributed by atoms with van der Waals surface area (Å²) in [5, 5.41) is 9.26. The zero-order valence-electron chi connectivity index (χ0n) is 13.6. The van der Waals surface area contributed by atoms with Crippen molar-refractivity contribution in [3.63, 3.8) is 0 Å². The van der Waals surface area contributed by atoms with Crippen LogP contribution in [0.2, 0.25) is 0 Å². The number of alkyl halides is 6. The predicted molar refractivity (Wildman–Crippen MR) is 81.8 cm³/mol. The third-order valence-corrected chi connectivity index (χ3v) is 3.63. The van der Waals surface area contributed by atoms with E-state index < -0.39 is 41.0 Å². The molecule has 0 spiro atoms. The lowest BCUT2D eigenvalue weighted by molar-refractivity contribution is -0.376. The molecule has 2 rings (SSSR count). The van der Waals surface area contributed by atoms with Crippen LogP contribution in [0, 0.1) is 0 Å². The van der Waals surface area contributed by atoms with E-state index in [1.165, 1.54) is 24.3 Å². The molecule has 0 aliphatic heterocycles. The van der Waals surface area contributed by atoms with Crippen LogP contribution in [-0.2, 0) is 10.4 Å². The zero-order valence-corrected chi connectivity index (χ0v) is 13.6. The van der Waals surface area contributed by atoms with Gasteiger partial charge < -0.3 is 9.94 Å². The quantitative estimate of drug-likeness (QED) is 0.603. The molecular formula is C17H11F6NO4. The van der Waals surface area contributed by atoms with Crippen LogP contribution < -0.4 is 5.48 Å². The molecule has 1 amide bonds. The number of hydrogen-bond acceptors (Lipinski definition) is 4. The fourth-order valence-electron chi connectivity index (χ4n) is 2.14. The van der Waals surface area contributed by atoms with E-state index >= 15 is 0 Å². The van der Waals surface area contributed by atoms with Crippen LogP contribution >= 0.6 is 0 Å². The van der Waals surface area contributed by atoms with E-state index in [1.54, 1.807) is 11.5 Å². The number of nitrogens with one attached hydrogen (secondary N) is 1. The van der Waals surface area contributed by atoms with Crippen LogP contribution in [0.5, 0.6) is 0 Å². The van der Waals surface area contributed by atoms with Crippen molar-refractivity contribution in [3.8, 4) is 0 Å². The summed E-state index contributed by atoms with van der Waals surface area (Å²) in [6.07, 6.45) is -12.1. The van der Waals surface area contributed by atoms with Crippen molar-refractivity contribution >= 4 is 11.9 Å². The Morgan fingerprint density at radius 2 is 1.29 bits per heavy atom. The number of amides is 1. The molecule has 2 N–H and O–H groups in total. The average molecular weight is 407 g/mol. The Morgan fingerprint density at radius 3 is 1.75 bits per heavy atom. The molecule has 0 fully saturated rings. The van der Waals surface area contributed by atoms with Gasteiger partial charge in [0.15, 0.2) is 0 Å². The number of aliphatic hydroxyl groups is 1. The van der Waals surface area contributed by atoms with Crippen molar-refractivity contribution in [2.75, 3.05) is 0 Å². The fourth-order valence-corrected chi connectivity index (χ4v) is 2.14. The maximum absolute atomic E-state index is 12.8. The van der Waals surface area contributed by atoms with E-state index in [0.29, 0.717) is 12.1 Å². The predicted octanol–water partition coefficient (Wildman–Crippen LogP) is 3.50. The highest BCUT2D eigenvalue weighted by molar-refractivity contribution is 5.95. The van der Waals surface area contributed by atoms with Crippen LogP contribution in [0.15, 0.2) is 54.6 Å². The zero-order chi connectivity index (χ0) is 21.2. The van der Waals surface area contributed by atoms with E-state index in [4.69, 9.17) is 0 Å². The van der Waals surface area contributed by atoms with E-state index in [-0.39, 0.29) is 17.7 Å². The van der Waals surface area contributed by atoms with Crippen LogP contribution in [-0.4, -0.2) is 29.3 Å². The van der Waals surface area contributed by atoms with Crippen molar-refractivity contribution < 1.29 is 45.9 Å². The molecule has 11 heteroatoms. The Balaban J connectivity index is 2.15. The second-order valence-corrected chi connectivity index (χ2v) is 5.47. The van der Waals surface area contributed by atoms with E-state index in [1.807, 2.05) is 0 Å². The summed E-state index contributed by atoms with van der Waals surface area (Å²) in [7, 11) is 0. The highest BCUT2D eigenvalue weighted by atomic mass is 19.4. The van der Waals surface area contributed by atoms with Crippen molar-refractivity contribution in [3.05, 3.63) is 71.3 Å². The summed E-state index contributed by atoms with van der Waals surface area (Å²) in [5.74, 6) is -2.03. The molecule has 0 saturated heterocycles. The van der Waals surface area contributed by atoms with Gasteiger partial charge in [-0.3, -0.25) is 4.79 Å². The summed E-state index contributed by atoms with van der Waals surface area (Å²) >= 11 is 0. The normalized spacial score (nSPS) is 12.4. The van der Waals surface area contributed by atoms with E-state index in [0.717, 1.165) is 0 Å². The van der Waals surface area contributed by atoms with Crippen molar-refractivity contribution in [1.82, 2.24) is 5.48 Å². The minimum absolute atomic E-state index is 0.145. The highest BCUT2D eigenvalue weighted by Gasteiger charge is 2.71. The van der Waals surface area contributed by atoms with Gasteiger partial charge in [0.05, 0.1) is 5.56 Å². The van der Waals surface area contributed by atoms with E-state index in [2.05, 4.69) is 4.84 Å². The van der Waals surface area contributed by atoms with Gasteiger partial charge in [0.25, 0.3) is 11.5 Å². The second-order valence-electron chi connectivity index (χ2n) is 5.47. The molecule has 5 nitrogen and oxygen atoms in total. The Bertz CT molecular complexity index is 833. The van der Waals surface area contributed by atoms with Crippen LogP contribution in [0.4, 0.5) is 26.3 Å². The summed E-state index contributed by atoms with van der Waals surface area (Å²) in [4.78, 5) is 28.0. The molecule has 0 aliphatic rings. The molecule has 0 radical (unpaired) electrons. The molecular weight excluding hydrogens is 396 g/mol. The maximum Gasteiger partial charge on any atom is 0.430 e. The number of carbonyl (C=O) groups is 2. The van der Waals surface area contributed by atoms with Gasteiger partial charge in [0.1, 0.15) is 0 Å². The topological polar surface area (TPSA) is 75.6 Å². The van der Waals surface area contributed by atoms with Gasteiger partial charge in [0.2, 0.25) is 0 Å². The summed E-state index contributed by atoms with van der Waals surface area (Å²) < 4.78 is 76.8. The molecule has 0 aliphatic carbocycles. The molecule has 0 atom stereocenters. The molecule has 150 valence electrons. The lowest BCUT2D eigenvalue weighted by atomic mass is 9.91. The Morgan fingerprint density at radius 1 is 0.786 bits per heavy atom. The summed E-state index contributed by atoms with van der Waals surface area (Å²) in [5.41, 5.74) is -5.15. The van der Waals surface area contributed by atoms with Gasteiger partial charge in [-0.2, -0.15) is 31.8 Å². The molecule has 2 aromatic carbocycles. The molecule has 0 unspecified atom stereocenters.